The van der Waals surface area contributed by atoms with Crippen LogP contribution in [-0.2, 0) is 4.79 Å². The van der Waals surface area contributed by atoms with Crippen LogP contribution in [0.4, 0.5) is 5.95 Å². The highest BCUT2D eigenvalue weighted by atomic mass is 35.5. The predicted octanol–water partition coefficient (Wildman–Crippen LogP) is 4.46. The summed E-state index contributed by atoms with van der Waals surface area (Å²) >= 11 is 6.53. The number of benzene rings is 1. The van der Waals surface area contributed by atoms with Crippen molar-refractivity contribution in [2.75, 3.05) is 5.01 Å². The zero-order valence-electron chi connectivity index (χ0n) is 16.0. The van der Waals surface area contributed by atoms with Gasteiger partial charge in [0.2, 0.25) is 5.95 Å². The summed E-state index contributed by atoms with van der Waals surface area (Å²) in [5.74, 6) is 0.711. The van der Waals surface area contributed by atoms with Crippen molar-refractivity contribution in [3.05, 3.63) is 63.6 Å². The minimum absolute atomic E-state index is 0.0761. The molecule has 1 unspecified atom stereocenters. The van der Waals surface area contributed by atoms with Crippen molar-refractivity contribution in [3.8, 4) is 0 Å². The number of aromatic nitrogens is 2. The van der Waals surface area contributed by atoms with Gasteiger partial charge in [0, 0.05) is 34.1 Å². The number of nitrogens with zero attached hydrogens (tertiary/aromatic N) is 3. The molecule has 2 heterocycles. The molecule has 1 aliphatic heterocycles. The first-order valence-corrected chi connectivity index (χ1v) is 9.52. The van der Waals surface area contributed by atoms with Crippen LogP contribution in [-0.4, -0.2) is 15.8 Å². The summed E-state index contributed by atoms with van der Waals surface area (Å²) in [4.78, 5) is 22.3. The van der Waals surface area contributed by atoms with Crippen LogP contribution in [0.3, 0.4) is 0 Å². The lowest BCUT2D eigenvalue weighted by Crippen LogP contribution is -2.36. The van der Waals surface area contributed by atoms with Gasteiger partial charge >= 0.3 is 0 Å². The van der Waals surface area contributed by atoms with Crippen molar-refractivity contribution < 1.29 is 4.79 Å². The van der Waals surface area contributed by atoms with Gasteiger partial charge in [-0.05, 0) is 43.4 Å². The van der Waals surface area contributed by atoms with E-state index in [0.717, 1.165) is 34.6 Å². The van der Waals surface area contributed by atoms with E-state index in [0.29, 0.717) is 17.4 Å². The Kier molecular flexibility index (Phi) is 4.22. The number of anilines is 1. The van der Waals surface area contributed by atoms with Gasteiger partial charge in [0.05, 0.1) is 0 Å². The van der Waals surface area contributed by atoms with Gasteiger partial charge in [0.25, 0.3) is 0 Å². The highest BCUT2D eigenvalue weighted by Crippen LogP contribution is 2.47. The Morgan fingerprint density at radius 1 is 1.15 bits per heavy atom. The molecule has 0 saturated heterocycles. The highest BCUT2D eigenvalue weighted by Gasteiger charge is 2.45. The molecule has 140 valence electrons. The number of nitrogens with one attached hydrogen (secondary N) is 1. The van der Waals surface area contributed by atoms with Crippen molar-refractivity contribution in [1.29, 1.82) is 0 Å². The molecule has 1 atom stereocenters. The zero-order valence-corrected chi connectivity index (χ0v) is 16.8. The summed E-state index contributed by atoms with van der Waals surface area (Å²) < 4.78 is 0. The number of rotatable bonds is 2. The van der Waals surface area contributed by atoms with Crippen LogP contribution in [0, 0.1) is 19.3 Å². The Morgan fingerprint density at radius 3 is 2.48 bits per heavy atom. The Labute approximate surface area is 164 Å². The van der Waals surface area contributed by atoms with Crippen LogP contribution in [0.25, 0.3) is 0 Å². The predicted molar refractivity (Wildman–Crippen MR) is 106 cm³/mol. The minimum atomic E-state index is -0.335. The summed E-state index contributed by atoms with van der Waals surface area (Å²) in [7, 11) is 0. The molecule has 0 saturated carbocycles. The molecule has 27 heavy (non-hydrogen) atoms. The van der Waals surface area contributed by atoms with Crippen molar-refractivity contribution in [3.63, 3.8) is 0 Å². The van der Waals surface area contributed by atoms with Crippen LogP contribution in [0.2, 0.25) is 5.02 Å². The number of hydrazine groups is 1. The number of Topliss-reactive ketones (excluding diaryl/α,β-unsaturated/α-hetero) is 1. The van der Waals surface area contributed by atoms with E-state index in [9.17, 15) is 4.79 Å². The third-order valence-electron chi connectivity index (χ3n) is 5.09. The molecule has 0 radical (unpaired) electrons. The van der Waals surface area contributed by atoms with Crippen LogP contribution in [0.15, 0.2) is 41.6 Å². The molecule has 0 bridgehead atoms. The van der Waals surface area contributed by atoms with Crippen molar-refractivity contribution in [2.24, 2.45) is 5.41 Å². The van der Waals surface area contributed by atoms with E-state index in [4.69, 9.17) is 11.6 Å². The van der Waals surface area contributed by atoms with Gasteiger partial charge in [-0.2, -0.15) is 0 Å². The van der Waals surface area contributed by atoms with Gasteiger partial charge in [0.15, 0.2) is 5.78 Å². The molecular formula is C21H23ClN4O. The third kappa shape index (κ3) is 3.21. The van der Waals surface area contributed by atoms with E-state index in [1.54, 1.807) is 0 Å². The van der Waals surface area contributed by atoms with Gasteiger partial charge < -0.3 is 0 Å². The minimum Gasteiger partial charge on any atom is -0.299 e. The lowest BCUT2D eigenvalue weighted by molar-refractivity contribution is -0.118. The maximum Gasteiger partial charge on any atom is 0.245 e. The second-order valence-electron chi connectivity index (χ2n) is 8.19. The summed E-state index contributed by atoms with van der Waals surface area (Å²) in [6.45, 7) is 8.13. The molecule has 4 rings (SSSR count). The van der Waals surface area contributed by atoms with Crippen molar-refractivity contribution in [1.82, 2.24) is 15.4 Å². The molecule has 5 nitrogen and oxygen atoms in total. The molecule has 1 aromatic heterocycles. The molecule has 1 N–H and O–H groups in total. The number of carbonyl (C=O) groups is 1. The third-order valence-corrected chi connectivity index (χ3v) is 5.44. The molecule has 2 aromatic rings. The first kappa shape index (κ1) is 18.0. The average molecular weight is 383 g/mol. The van der Waals surface area contributed by atoms with Crippen molar-refractivity contribution in [2.45, 2.75) is 46.6 Å². The van der Waals surface area contributed by atoms with Gasteiger partial charge in [-0.15, -0.1) is 0 Å². The second-order valence-corrected chi connectivity index (χ2v) is 8.60. The highest BCUT2D eigenvalue weighted by molar-refractivity contribution is 6.31. The second kappa shape index (κ2) is 6.34. The Balaban J connectivity index is 1.88. The Hall–Kier alpha value is -2.40. The maximum absolute atomic E-state index is 13.1. The molecule has 0 spiro atoms. The van der Waals surface area contributed by atoms with E-state index in [-0.39, 0.29) is 17.2 Å². The monoisotopic (exact) mass is 382 g/mol. The number of hydrogen-bond acceptors (Lipinski definition) is 5. The molecule has 1 aromatic carbocycles. The topological polar surface area (TPSA) is 58.1 Å². The van der Waals surface area contributed by atoms with E-state index in [2.05, 4.69) is 29.2 Å². The smallest absolute Gasteiger partial charge is 0.245 e. The fraction of sp³-hybridized carbons (Fsp3) is 0.381. The summed E-state index contributed by atoms with van der Waals surface area (Å²) in [6.07, 6.45) is 1.33. The molecular weight excluding hydrogens is 360 g/mol. The van der Waals surface area contributed by atoms with E-state index >= 15 is 0 Å². The normalized spacial score (nSPS) is 21.3. The molecule has 0 amide bonds. The SMILES string of the molecule is Cc1cc(C)nc(N2NC3=C(C(=O)CC(C)(C)C3)C2c2ccccc2Cl)n1. The first-order valence-electron chi connectivity index (χ1n) is 9.14. The van der Waals surface area contributed by atoms with Crippen molar-refractivity contribution >= 4 is 23.3 Å². The fourth-order valence-electron chi connectivity index (χ4n) is 4.06. The summed E-state index contributed by atoms with van der Waals surface area (Å²) in [5.41, 5.74) is 7.74. The molecule has 6 heteroatoms. The lowest BCUT2D eigenvalue weighted by atomic mass is 9.74. The number of allylic oxidation sites excluding steroid dienone is 1. The van der Waals surface area contributed by atoms with Crippen LogP contribution >= 0.6 is 11.6 Å². The quantitative estimate of drug-likeness (QED) is 0.831. The van der Waals surface area contributed by atoms with E-state index in [1.165, 1.54) is 0 Å². The molecule has 0 fully saturated rings. The Morgan fingerprint density at radius 2 is 1.81 bits per heavy atom. The molecule has 1 aliphatic carbocycles. The average Bonchev–Trinajstić information content (AvgIpc) is 2.92. The number of aryl methyl sites for hydroxylation is 2. The van der Waals surface area contributed by atoms with Gasteiger partial charge in [-0.25, -0.2) is 15.0 Å². The molecule has 2 aliphatic rings. The standard InChI is InChI=1S/C21H23ClN4O/c1-12-9-13(2)24-20(23-12)26-19(14-7-5-6-8-15(14)22)18-16(25-26)10-21(3,4)11-17(18)27/h5-9,19,25H,10-11H2,1-4H3. The Bertz CT molecular complexity index is 946. The van der Waals surface area contributed by atoms with Crippen LogP contribution in [0.5, 0.6) is 0 Å². The zero-order chi connectivity index (χ0) is 19.3. The fourth-order valence-corrected chi connectivity index (χ4v) is 4.30. The number of hydrogen-bond donors (Lipinski definition) is 1. The summed E-state index contributed by atoms with van der Waals surface area (Å²) in [6, 6.07) is 9.26. The van der Waals surface area contributed by atoms with Gasteiger partial charge in [-0.1, -0.05) is 43.6 Å². The largest absolute Gasteiger partial charge is 0.299 e. The lowest BCUT2D eigenvalue weighted by Gasteiger charge is -2.29. The number of ketones is 1. The number of carbonyl (C=O) groups excluding carboxylic acids is 1. The van der Waals surface area contributed by atoms with Gasteiger partial charge in [0.1, 0.15) is 6.04 Å². The van der Waals surface area contributed by atoms with Crippen LogP contribution in [0.1, 0.15) is 49.7 Å². The van der Waals surface area contributed by atoms with Gasteiger partial charge in [-0.3, -0.25) is 10.2 Å². The maximum atomic E-state index is 13.1. The summed E-state index contributed by atoms with van der Waals surface area (Å²) in [5, 5.41) is 2.52. The first-order chi connectivity index (χ1) is 12.7. The number of halogens is 1. The van der Waals surface area contributed by atoms with Crippen LogP contribution < -0.4 is 10.4 Å². The van der Waals surface area contributed by atoms with E-state index < -0.39 is 0 Å². The van der Waals surface area contributed by atoms with E-state index in [1.807, 2.05) is 49.2 Å².